The first-order chi connectivity index (χ1) is 21.7. The van der Waals surface area contributed by atoms with Gasteiger partial charge in [0.1, 0.15) is 0 Å². The maximum atomic E-state index is 14.2. The van der Waals surface area contributed by atoms with Crippen molar-refractivity contribution in [3.05, 3.63) is 124 Å². The van der Waals surface area contributed by atoms with Gasteiger partial charge in [-0.05, 0) is 73.7 Å². The number of allylic oxidation sites excluding steroid dienone is 6. The van der Waals surface area contributed by atoms with Crippen LogP contribution in [0.1, 0.15) is 47.2 Å². The largest absolute Gasteiger partial charge is 0.504 e. The number of fused-ring (bicyclic) bond motifs is 3. The molecule has 0 aromatic heterocycles. The number of carbonyl (C=O) groups is 5. The maximum absolute atomic E-state index is 14.2. The van der Waals surface area contributed by atoms with Gasteiger partial charge >= 0.3 is 0 Å². The van der Waals surface area contributed by atoms with Gasteiger partial charge in [-0.3, -0.25) is 28.9 Å². The van der Waals surface area contributed by atoms with Gasteiger partial charge in [-0.2, -0.15) is 0 Å². The summed E-state index contributed by atoms with van der Waals surface area (Å²) in [5.41, 5.74) is 3.87. The highest BCUT2D eigenvalue weighted by Crippen LogP contribution is 2.55. The molecule has 3 aliphatic carbocycles. The molecule has 1 saturated heterocycles. The zero-order chi connectivity index (χ0) is 31.6. The molecule has 8 nitrogen and oxygen atoms in total. The van der Waals surface area contributed by atoms with Crippen LogP contribution in [0.5, 0.6) is 11.5 Å². The van der Waals surface area contributed by atoms with Crippen molar-refractivity contribution < 1.29 is 33.8 Å². The fraction of sp³-hybridized carbons (Fsp3) is 0.216. The third-order valence-corrected chi connectivity index (χ3v) is 9.52. The minimum Gasteiger partial charge on any atom is -0.504 e. The lowest BCUT2D eigenvalue weighted by molar-refractivity contribution is -0.123. The number of hydrogen-bond acceptors (Lipinski definition) is 7. The number of anilines is 1. The number of ether oxygens (including phenoxy) is 1. The van der Waals surface area contributed by atoms with Crippen LogP contribution >= 0.6 is 0 Å². The van der Waals surface area contributed by atoms with Crippen molar-refractivity contribution >= 4 is 34.9 Å². The Kier molecular flexibility index (Phi) is 6.73. The van der Waals surface area contributed by atoms with E-state index >= 15 is 0 Å². The number of imide groups is 1. The van der Waals surface area contributed by atoms with Crippen molar-refractivity contribution in [1.29, 1.82) is 0 Å². The van der Waals surface area contributed by atoms with Crippen molar-refractivity contribution in [3.63, 3.8) is 0 Å². The summed E-state index contributed by atoms with van der Waals surface area (Å²) in [6.45, 7) is 1.61. The molecule has 1 N–H and O–H groups in total. The van der Waals surface area contributed by atoms with Crippen molar-refractivity contribution in [2.45, 2.75) is 25.7 Å². The van der Waals surface area contributed by atoms with Crippen LogP contribution in [0.2, 0.25) is 0 Å². The van der Waals surface area contributed by atoms with Crippen molar-refractivity contribution in [1.82, 2.24) is 0 Å². The molecule has 4 aliphatic rings. The number of methoxy groups -OCH3 is 1. The van der Waals surface area contributed by atoms with E-state index in [1.165, 1.54) is 24.2 Å². The van der Waals surface area contributed by atoms with Gasteiger partial charge in [-0.15, -0.1) is 0 Å². The first-order valence-electron chi connectivity index (χ1n) is 14.8. The Hall–Kier alpha value is -5.37. The molecule has 45 heavy (non-hydrogen) atoms. The first kappa shape index (κ1) is 28.4. The highest BCUT2D eigenvalue weighted by Gasteiger charge is 2.56. The first-order valence-corrected chi connectivity index (χ1v) is 14.8. The van der Waals surface area contributed by atoms with E-state index in [0.717, 1.165) is 5.57 Å². The van der Waals surface area contributed by atoms with E-state index < -0.39 is 23.7 Å². The van der Waals surface area contributed by atoms with Gasteiger partial charge in [0, 0.05) is 33.8 Å². The number of carbonyl (C=O) groups excluding carboxylic acids is 5. The molecular weight excluding hydrogens is 570 g/mol. The Balaban J connectivity index is 1.26. The number of rotatable bonds is 5. The number of ketones is 3. The number of phenols is 1. The number of aromatic hydroxyl groups is 1. The van der Waals surface area contributed by atoms with Gasteiger partial charge in [-0.1, -0.05) is 48.0 Å². The number of hydrogen-bond donors (Lipinski definition) is 1. The Labute approximate surface area is 259 Å². The Morgan fingerprint density at radius 1 is 0.889 bits per heavy atom. The molecular formula is C37H29NO7. The van der Waals surface area contributed by atoms with E-state index in [2.05, 4.69) is 0 Å². The normalized spacial score (nSPS) is 24.1. The van der Waals surface area contributed by atoms with E-state index in [1.807, 2.05) is 12.1 Å². The molecule has 4 atom stereocenters. The van der Waals surface area contributed by atoms with Gasteiger partial charge in [0.05, 0.1) is 24.6 Å². The molecule has 224 valence electrons. The fourth-order valence-corrected chi connectivity index (χ4v) is 7.41. The smallest absolute Gasteiger partial charge is 0.238 e. The summed E-state index contributed by atoms with van der Waals surface area (Å²) in [4.78, 5) is 69.1. The number of benzene rings is 3. The molecule has 0 saturated carbocycles. The zero-order valence-electron chi connectivity index (χ0n) is 24.7. The van der Waals surface area contributed by atoms with Crippen LogP contribution in [-0.2, 0) is 19.2 Å². The summed E-state index contributed by atoms with van der Waals surface area (Å²) in [7, 11) is 1.43. The summed E-state index contributed by atoms with van der Waals surface area (Å²) in [6.07, 6.45) is 3.77. The molecule has 1 fully saturated rings. The van der Waals surface area contributed by atoms with E-state index in [0.29, 0.717) is 45.5 Å². The summed E-state index contributed by atoms with van der Waals surface area (Å²) < 4.78 is 5.35. The Bertz CT molecular complexity index is 1920. The molecule has 3 aromatic carbocycles. The number of phenolic OH excluding ortho intramolecular Hbond substituents is 1. The topological polar surface area (TPSA) is 118 Å². The zero-order valence-corrected chi connectivity index (χ0v) is 24.7. The van der Waals surface area contributed by atoms with Crippen LogP contribution in [0.4, 0.5) is 5.69 Å². The number of Topliss-reactive ketones (excluding diaryl/α,β-unsaturated/α-hetero) is 1. The standard InChI is InChI=1S/C37H29NO7/c1-19-16-29(40)33-27(34(19)41)18-26-24(31(33)22-10-15-28(39)30(17-22)45-2)13-14-25-32(26)37(44)38(36(25)43)23-11-8-21(9-12-23)35(42)20-6-4-3-5-7-20/h3-13,15-17,25-26,31-32,39H,14,18H2,1-2H3/t25-,26+,31-,32-/m0/s1. The van der Waals surface area contributed by atoms with Crippen LogP contribution in [0.3, 0.4) is 0 Å². The second-order valence-electron chi connectivity index (χ2n) is 11.9. The lowest BCUT2D eigenvalue weighted by Crippen LogP contribution is -2.39. The van der Waals surface area contributed by atoms with E-state index in [-0.39, 0.29) is 47.1 Å². The average Bonchev–Trinajstić information content (AvgIpc) is 3.32. The molecule has 0 bridgehead atoms. The second-order valence-corrected chi connectivity index (χ2v) is 11.9. The van der Waals surface area contributed by atoms with Gasteiger partial charge in [0.2, 0.25) is 11.8 Å². The lowest BCUT2D eigenvalue weighted by atomic mass is 9.59. The molecule has 2 amide bonds. The summed E-state index contributed by atoms with van der Waals surface area (Å²) in [6, 6.07) is 20.1. The summed E-state index contributed by atoms with van der Waals surface area (Å²) in [5.74, 6) is -3.69. The summed E-state index contributed by atoms with van der Waals surface area (Å²) in [5, 5.41) is 10.3. The third-order valence-electron chi connectivity index (χ3n) is 9.52. The van der Waals surface area contributed by atoms with Gasteiger partial charge < -0.3 is 9.84 Å². The second kappa shape index (κ2) is 10.7. The molecule has 0 radical (unpaired) electrons. The van der Waals surface area contributed by atoms with Gasteiger partial charge in [0.25, 0.3) is 0 Å². The van der Waals surface area contributed by atoms with Crippen LogP contribution < -0.4 is 9.64 Å². The molecule has 1 aliphatic heterocycles. The molecule has 7 rings (SSSR count). The van der Waals surface area contributed by atoms with E-state index in [1.54, 1.807) is 67.6 Å². The van der Waals surface area contributed by atoms with E-state index in [4.69, 9.17) is 4.74 Å². The van der Waals surface area contributed by atoms with Gasteiger partial charge in [0.15, 0.2) is 28.8 Å². The number of nitrogens with zero attached hydrogens (tertiary/aromatic N) is 1. The predicted octanol–water partition coefficient (Wildman–Crippen LogP) is 5.27. The maximum Gasteiger partial charge on any atom is 0.238 e. The Morgan fingerprint density at radius 2 is 1.60 bits per heavy atom. The SMILES string of the molecule is COc1cc([C@H]2C3=CC[C@@H]4C(=O)N(c5ccc(C(=O)c6ccccc6)cc5)C(=O)[C@@H]4[C@@H]3CC3=C2C(=O)C=C(C)C3=O)ccc1O. The molecule has 1 heterocycles. The highest BCUT2D eigenvalue weighted by atomic mass is 16.5. The van der Waals surface area contributed by atoms with Crippen molar-refractivity contribution in [2.75, 3.05) is 12.0 Å². The number of amides is 2. The summed E-state index contributed by atoms with van der Waals surface area (Å²) >= 11 is 0. The predicted molar refractivity (Wildman–Crippen MR) is 165 cm³/mol. The molecule has 0 unspecified atom stereocenters. The molecule has 8 heteroatoms. The van der Waals surface area contributed by atoms with E-state index in [9.17, 15) is 29.1 Å². The van der Waals surface area contributed by atoms with Crippen LogP contribution in [-0.4, -0.2) is 41.4 Å². The fourth-order valence-electron chi connectivity index (χ4n) is 7.41. The molecule has 3 aromatic rings. The van der Waals surface area contributed by atoms with Crippen molar-refractivity contribution in [2.24, 2.45) is 17.8 Å². The minimum atomic E-state index is -0.729. The lowest BCUT2D eigenvalue weighted by Gasteiger charge is -2.42. The van der Waals surface area contributed by atoms with Crippen LogP contribution in [0.25, 0.3) is 0 Å². The van der Waals surface area contributed by atoms with Crippen molar-refractivity contribution in [3.8, 4) is 11.5 Å². The minimum absolute atomic E-state index is 0.0639. The molecule has 0 spiro atoms. The monoisotopic (exact) mass is 599 g/mol. The Morgan fingerprint density at radius 3 is 2.31 bits per heavy atom. The average molecular weight is 600 g/mol. The van der Waals surface area contributed by atoms with Crippen LogP contribution in [0.15, 0.2) is 107 Å². The quantitative estimate of drug-likeness (QED) is 0.184. The highest BCUT2D eigenvalue weighted by molar-refractivity contribution is 6.25. The van der Waals surface area contributed by atoms with Crippen LogP contribution in [0, 0.1) is 17.8 Å². The third kappa shape index (κ3) is 4.39. The van der Waals surface area contributed by atoms with Gasteiger partial charge in [-0.25, -0.2) is 0 Å².